The van der Waals surface area contributed by atoms with Gasteiger partial charge in [-0.1, -0.05) is 32.9 Å². The molecule has 2 fully saturated rings. The van der Waals surface area contributed by atoms with Crippen molar-refractivity contribution < 1.29 is 34.2 Å². The Labute approximate surface area is 256 Å². The molecule has 5 rings (SSSR count). The van der Waals surface area contributed by atoms with Gasteiger partial charge in [-0.2, -0.15) is 0 Å². The van der Waals surface area contributed by atoms with Crippen LogP contribution in [-0.2, 0) is 11.3 Å². The molecule has 0 bridgehead atoms. The van der Waals surface area contributed by atoms with E-state index in [0.29, 0.717) is 28.3 Å². The minimum Gasteiger partial charge on any atom is -0.479 e. The van der Waals surface area contributed by atoms with E-state index in [0.717, 1.165) is 44.1 Å². The van der Waals surface area contributed by atoms with Crippen molar-refractivity contribution in [3.63, 3.8) is 0 Å². The molecular formula is C33H40N4O7. The lowest BCUT2D eigenvalue weighted by Gasteiger charge is -2.41. The summed E-state index contributed by atoms with van der Waals surface area (Å²) in [5.41, 5.74) is 2.38. The van der Waals surface area contributed by atoms with Crippen molar-refractivity contribution in [1.82, 2.24) is 15.1 Å². The maximum absolute atomic E-state index is 13.8. The molecule has 11 heteroatoms. The number of nitrogens with zero attached hydrogens (tertiary/aromatic N) is 2. The number of carboxylic acids is 1. The van der Waals surface area contributed by atoms with E-state index < -0.39 is 24.5 Å². The zero-order valence-electron chi connectivity index (χ0n) is 25.3. The number of aliphatic hydroxyl groups excluding tert-OH is 1. The summed E-state index contributed by atoms with van der Waals surface area (Å²) < 4.78 is 0. The molecular weight excluding hydrogens is 564 g/mol. The van der Waals surface area contributed by atoms with E-state index in [1.807, 2.05) is 0 Å². The van der Waals surface area contributed by atoms with Crippen LogP contribution in [0.4, 0.5) is 10.5 Å². The largest absolute Gasteiger partial charge is 0.479 e. The van der Waals surface area contributed by atoms with Crippen molar-refractivity contribution in [1.29, 1.82) is 0 Å². The summed E-state index contributed by atoms with van der Waals surface area (Å²) in [6.07, 6.45) is 3.62. The lowest BCUT2D eigenvalue weighted by atomic mass is 9.71. The van der Waals surface area contributed by atoms with Gasteiger partial charge in [-0.05, 0) is 85.8 Å². The number of carboxylic acid groups (broad SMARTS) is 1. The predicted molar refractivity (Wildman–Crippen MR) is 162 cm³/mol. The Hall–Kier alpha value is -4.25. The summed E-state index contributed by atoms with van der Waals surface area (Å²) in [6.45, 7) is 6.60. The van der Waals surface area contributed by atoms with Crippen LogP contribution in [0.2, 0.25) is 0 Å². The van der Waals surface area contributed by atoms with E-state index in [1.54, 1.807) is 47.4 Å². The Kier molecular flexibility index (Phi) is 8.78. The zero-order chi connectivity index (χ0) is 31.8. The molecule has 5 amide bonds. The molecule has 2 aromatic carbocycles. The van der Waals surface area contributed by atoms with Gasteiger partial charge in [0.2, 0.25) is 0 Å². The van der Waals surface area contributed by atoms with Crippen molar-refractivity contribution in [3.8, 4) is 0 Å². The summed E-state index contributed by atoms with van der Waals surface area (Å²) in [7, 11) is 0. The minimum atomic E-state index is -1.69. The molecule has 1 atom stereocenters. The monoisotopic (exact) mass is 604 g/mol. The second-order valence-corrected chi connectivity index (χ2v) is 13.2. The number of aliphatic carboxylic acids is 1. The highest BCUT2D eigenvalue weighted by Gasteiger charge is 2.44. The van der Waals surface area contributed by atoms with E-state index in [-0.39, 0.29) is 41.9 Å². The molecule has 0 unspecified atom stereocenters. The molecule has 44 heavy (non-hydrogen) atoms. The van der Waals surface area contributed by atoms with Crippen molar-refractivity contribution in [2.45, 2.75) is 84.0 Å². The summed E-state index contributed by atoms with van der Waals surface area (Å²) >= 11 is 0. The van der Waals surface area contributed by atoms with Crippen molar-refractivity contribution in [2.24, 2.45) is 11.3 Å². The van der Waals surface area contributed by atoms with Crippen molar-refractivity contribution in [3.05, 3.63) is 64.7 Å². The van der Waals surface area contributed by atoms with E-state index in [4.69, 9.17) is 5.11 Å². The molecule has 11 nitrogen and oxygen atoms in total. The number of anilines is 1. The number of aliphatic hydroxyl groups is 1. The van der Waals surface area contributed by atoms with Gasteiger partial charge < -0.3 is 25.7 Å². The number of imide groups is 1. The van der Waals surface area contributed by atoms with Crippen LogP contribution in [0, 0.1) is 11.3 Å². The standard InChI is InChI=1S/C33H40N4O7/c1-33(2,3)21-8-11-23(12-9-21)36(18-19-4-6-20(7-5-19)28(39)34-17-27(38)31(42)43)32(44)35-22-10-15-25-26(16-22)30(41)37(29(25)40)24-13-14-24/h4-7,10,15-16,21,23-24,27,38H,8-9,11-14,17-18H2,1-3H3,(H,34,39)(H,35,44)(H,42,43)/t21?,23?,27-/m1/s1. The van der Waals surface area contributed by atoms with Crippen molar-refractivity contribution in [2.75, 3.05) is 11.9 Å². The van der Waals surface area contributed by atoms with Crippen LogP contribution in [0.15, 0.2) is 42.5 Å². The van der Waals surface area contributed by atoms with E-state index in [9.17, 15) is 29.1 Å². The Balaban J connectivity index is 1.31. The molecule has 2 aromatic rings. The van der Waals surface area contributed by atoms with Crippen molar-refractivity contribution >= 4 is 35.4 Å². The zero-order valence-corrected chi connectivity index (χ0v) is 25.3. The number of hydrogen-bond acceptors (Lipinski definition) is 6. The number of rotatable bonds is 9. The Morgan fingerprint density at radius 3 is 2.16 bits per heavy atom. The molecule has 0 aromatic heterocycles. The quantitative estimate of drug-likeness (QED) is 0.312. The third-order valence-electron chi connectivity index (χ3n) is 9.01. The first-order valence-corrected chi connectivity index (χ1v) is 15.2. The summed E-state index contributed by atoms with van der Waals surface area (Å²) in [5, 5.41) is 23.6. The van der Waals surface area contributed by atoms with Gasteiger partial charge in [0.1, 0.15) is 0 Å². The fraction of sp³-hybridized carbons (Fsp3) is 0.485. The molecule has 4 N–H and O–H groups in total. The van der Waals surface area contributed by atoms with Gasteiger partial charge in [-0.3, -0.25) is 19.3 Å². The van der Waals surface area contributed by atoms with E-state index in [1.165, 1.54) is 4.90 Å². The Morgan fingerprint density at radius 1 is 0.932 bits per heavy atom. The minimum absolute atomic E-state index is 0.0166. The maximum Gasteiger partial charge on any atom is 0.334 e. The normalized spacial score (nSPS) is 20.6. The fourth-order valence-electron chi connectivity index (χ4n) is 6.15. The van der Waals surface area contributed by atoms with Crippen LogP contribution in [0.5, 0.6) is 0 Å². The summed E-state index contributed by atoms with van der Waals surface area (Å²) in [4.78, 5) is 65.9. The Bertz CT molecular complexity index is 1450. The van der Waals surface area contributed by atoms with Crippen LogP contribution in [0.1, 0.15) is 95.9 Å². The predicted octanol–water partition coefficient (Wildman–Crippen LogP) is 4.26. The third-order valence-corrected chi connectivity index (χ3v) is 9.01. The van der Waals surface area contributed by atoms with Crippen LogP contribution >= 0.6 is 0 Å². The van der Waals surface area contributed by atoms with Gasteiger partial charge in [0.05, 0.1) is 17.7 Å². The average Bonchev–Trinajstić information content (AvgIpc) is 3.79. The average molecular weight is 605 g/mol. The number of nitrogens with one attached hydrogen (secondary N) is 2. The maximum atomic E-state index is 13.8. The highest BCUT2D eigenvalue weighted by molar-refractivity contribution is 6.22. The molecule has 3 aliphatic rings. The molecule has 0 saturated heterocycles. The number of fused-ring (bicyclic) bond motifs is 1. The third kappa shape index (κ3) is 6.77. The number of carbonyl (C=O) groups is 5. The SMILES string of the molecule is CC(C)(C)C1CCC(N(Cc2ccc(C(=O)NC[C@@H](O)C(=O)O)cc2)C(=O)Nc2ccc3c(c2)C(=O)N(C2CC2)C3=O)CC1. The number of urea groups is 1. The first-order valence-electron chi connectivity index (χ1n) is 15.2. The molecule has 2 aliphatic carbocycles. The van der Waals surface area contributed by atoms with Crippen LogP contribution < -0.4 is 10.6 Å². The highest BCUT2D eigenvalue weighted by Crippen LogP contribution is 2.40. The lowest BCUT2D eigenvalue weighted by Crippen LogP contribution is -2.45. The van der Waals surface area contributed by atoms with E-state index >= 15 is 0 Å². The first-order chi connectivity index (χ1) is 20.8. The molecule has 0 radical (unpaired) electrons. The van der Waals surface area contributed by atoms with Gasteiger partial charge >= 0.3 is 12.0 Å². The summed E-state index contributed by atoms with van der Waals surface area (Å²) in [5.74, 6) is -1.98. The summed E-state index contributed by atoms with van der Waals surface area (Å²) in [6, 6.07) is 11.2. The smallest absolute Gasteiger partial charge is 0.334 e. The highest BCUT2D eigenvalue weighted by atomic mass is 16.4. The number of hydrogen-bond donors (Lipinski definition) is 4. The molecule has 2 saturated carbocycles. The van der Waals surface area contributed by atoms with Crippen LogP contribution in [0.3, 0.4) is 0 Å². The number of amides is 5. The van der Waals surface area contributed by atoms with Gasteiger partial charge in [-0.25, -0.2) is 9.59 Å². The van der Waals surface area contributed by atoms with Gasteiger partial charge in [0, 0.05) is 29.9 Å². The van der Waals surface area contributed by atoms with Crippen LogP contribution in [-0.4, -0.2) is 74.5 Å². The lowest BCUT2D eigenvalue weighted by molar-refractivity contribution is -0.146. The molecule has 234 valence electrons. The molecule has 1 aliphatic heterocycles. The Morgan fingerprint density at radius 2 is 1.57 bits per heavy atom. The van der Waals surface area contributed by atoms with Crippen LogP contribution in [0.25, 0.3) is 0 Å². The number of carbonyl (C=O) groups excluding carboxylic acids is 4. The fourth-order valence-corrected chi connectivity index (χ4v) is 6.15. The molecule has 0 spiro atoms. The second-order valence-electron chi connectivity index (χ2n) is 13.2. The topological polar surface area (TPSA) is 156 Å². The first kappa shape index (κ1) is 31.2. The van der Waals surface area contributed by atoms with Gasteiger partial charge in [0.15, 0.2) is 6.10 Å². The van der Waals surface area contributed by atoms with Gasteiger partial charge in [0.25, 0.3) is 17.7 Å². The number of benzene rings is 2. The van der Waals surface area contributed by atoms with E-state index in [2.05, 4.69) is 31.4 Å². The van der Waals surface area contributed by atoms with Gasteiger partial charge in [-0.15, -0.1) is 0 Å². The molecule has 1 heterocycles. The second kappa shape index (κ2) is 12.4.